The molecule has 0 atom stereocenters. The molecule has 0 unspecified atom stereocenters. The average Bonchev–Trinajstić information content (AvgIpc) is 2.93. The zero-order valence-electron chi connectivity index (χ0n) is 14.8. The number of nitrogens with zero attached hydrogens (tertiary/aromatic N) is 3. The Bertz CT molecular complexity index is 804. The molecule has 0 saturated heterocycles. The van der Waals surface area contributed by atoms with Crippen LogP contribution in [0, 0.1) is 13.8 Å². The summed E-state index contributed by atoms with van der Waals surface area (Å²) in [6.07, 6.45) is 2.84. The first-order chi connectivity index (χ1) is 11.9. The second-order valence-electron chi connectivity index (χ2n) is 5.19. The lowest BCUT2D eigenvalue weighted by molar-refractivity contribution is 0.580. The minimum atomic E-state index is -3.54. The first kappa shape index (κ1) is 22.7. The smallest absolute Gasteiger partial charge is 0.242 e. The van der Waals surface area contributed by atoms with Crippen LogP contribution in [0.1, 0.15) is 15.6 Å². The number of thiazole rings is 1. The van der Waals surface area contributed by atoms with Crippen molar-refractivity contribution in [3.8, 4) is 0 Å². The highest BCUT2D eigenvalue weighted by molar-refractivity contribution is 14.0. The zero-order chi connectivity index (χ0) is 18.3. The molecule has 8 nitrogen and oxygen atoms in total. The average molecular weight is 510 g/mol. The van der Waals surface area contributed by atoms with Crippen LogP contribution in [0.3, 0.4) is 0 Å². The Morgan fingerprint density at radius 2 is 2.04 bits per heavy atom. The molecule has 0 fully saturated rings. The van der Waals surface area contributed by atoms with Gasteiger partial charge in [0, 0.05) is 37.4 Å². The van der Waals surface area contributed by atoms with Gasteiger partial charge < -0.3 is 10.6 Å². The molecule has 2 aromatic rings. The van der Waals surface area contributed by atoms with Gasteiger partial charge in [0.15, 0.2) is 5.96 Å². The fourth-order valence-corrected chi connectivity index (χ4v) is 3.82. The summed E-state index contributed by atoms with van der Waals surface area (Å²) in [7, 11) is -1.88. The van der Waals surface area contributed by atoms with Crippen molar-refractivity contribution in [2.75, 3.05) is 20.1 Å². The van der Waals surface area contributed by atoms with E-state index in [1.807, 2.05) is 13.8 Å². The molecule has 0 aromatic carbocycles. The minimum Gasteiger partial charge on any atom is -0.355 e. The van der Waals surface area contributed by atoms with Crippen LogP contribution >= 0.6 is 35.3 Å². The van der Waals surface area contributed by atoms with Crippen LogP contribution in [0.2, 0.25) is 0 Å². The van der Waals surface area contributed by atoms with Gasteiger partial charge in [0.1, 0.15) is 9.90 Å². The molecule has 0 radical (unpaired) electrons. The van der Waals surface area contributed by atoms with E-state index in [-0.39, 0.29) is 35.4 Å². The third-order valence-corrected chi connectivity index (χ3v) is 5.88. The Balaban J connectivity index is 0.00000338. The van der Waals surface area contributed by atoms with Crippen molar-refractivity contribution in [1.82, 2.24) is 25.3 Å². The standard InChI is InChI=1S/C15H22N6O2S2.HI/c1-11-12(2)24-14(21-11)10-19-15(16-3)18-7-8-20-25(22,23)13-5-4-6-17-9-13;/h4-6,9,20H,7-8,10H2,1-3H3,(H2,16,18,19);1H. The Hall–Kier alpha value is -1.31. The van der Waals surface area contributed by atoms with Gasteiger partial charge in [-0.25, -0.2) is 18.1 Å². The van der Waals surface area contributed by atoms with Crippen LogP contribution in [0.15, 0.2) is 34.4 Å². The van der Waals surface area contributed by atoms with E-state index in [0.29, 0.717) is 19.0 Å². The van der Waals surface area contributed by atoms with Gasteiger partial charge >= 0.3 is 0 Å². The molecule has 3 N–H and O–H groups in total. The van der Waals surface area contributed by atoms with E-state index < -0.39 is 10.0 Å². The summed E-state index contributed by atoms with van der Waals surface area (Å²) in [5, 5.41) is 7.20. The third-order valence-electron chi connectivity index (χ3n) is 3.36. The van der Waals surface area contributed by atoms with Gasteiger partial charge in [-0.1, -0.05) is 0 Å². The van der Waals surface area contributed by atoms with E-state index in [0.717, 1.165) is 10.7 Å². The molecule has 0 amide bonds. The number of rotatable bonds is 7. The van der Waals surface area contributed by atoms with Crippen molar-refractivity contribution in [3.63, 3.8) is 0 Å². The fourth-order valence-electron chi connectivity index (χ4n) is 1.95. The molecule has 0 spiro atoms. The monoisotopic (exact) mass is 510 g/mol. The lowest BCUT2D eigenvalue weighted by Crippen LogP contribution is -2.41. The largest absolute Gasteiger partial charge is 0.355 e. The topological polar surface area (TPSA) is 108 Å². The second kappa shape index (κ2) is 10.7. The fraction of sp³-hybridized carbons (Fsp3) is 0.400. The first-order valence-corrected chi connectivity index (χ1v) is 9.99. The zero-order valence-corrected chi connectivity index (χ0v) is 18.8. The molecule has 0 bridgehead atoms. The van der Waals surface area contributed by atoms with Crippen molar-refractivity contribution in [3.05, 3.63) is 40.1 Å². The quantitative estimate of drug-likeness (QED) is 0.225. The van der Waals surface area contributed by atoms with E-state index in [4.69, 9.17) is 0 Å². The van der Waals surface area contributed by atoms with Gasteiger partial charge in [0.2, 0.25) is 10.0 Å². The van der Waals surface area contributed by atoms with Crippen molar-refractivity contribution in [1.29, 1.82) is 0 Å². The molecule has 0 aliphatic heterocycles. The van der Waals surface area contributed by atoms with Gasteiger partial charge in [-0.05, 0) is 26.0 Å². The van der Waals surface area contributed by atoms with Gasteiger partial charge in [-0.3, -0.25) is 9.98 Å². The molecule has 26 heavy (non-hydrogen) atoms. The van der Waals surface area contributed by atoms with Gasteiger partial charge in [-0.15, -0.1) is 35.3 Å². The number of aromatic nitrogens is 2. The number of hydrogen-bond donors (Lipinski definition) is 3. The maximum Gasteiger partial charge on any atom is 0.242 e. The molecule has 0 aliphatic rings. The number of guanidine groups is 1. The summed E-state index contributed by atoms with van der Waals surface area (Å²) in [4.78, 5) is 13.7. The Morgan fingerprint density at radius 1 is 1.27 bits per heavy atom. The number of aryl methyl sites for hydroxylation is 2. The highest BCUT2D eigenvalue weighted by atomic mass is 127. The molecular formula is C15H23IN6O2S2. The van der Waals surface area contributed by atoms with E-state index in [1.165, 1.54) is 23.3 Å². The van der Waals surface area contributed by atoms with Crippen LogP contribution < -0.4 is 15.4 Å². The number of hydrogen-bond acceptors (Lipinski definition) is 6. The van der Waals surface area contributed by atoms with Crippen LogP contribution in [0.5, 0.6) is 0 Å². The van der Waals surface area contributed by atoms with Gasteiger partial charge in [-0.2, -0.15) is 0 Å². The van der Waals surface area contributed by atoms with Crippen molar-refractivity contribution >= 4 is 51.3 Å². The van der Waals surface area contributed by atoms with E-state index >= 15 is 0 Å². The number of aliphatic imine (C=N–C) groups is 1. The van der Waals surface area contributed by atoms with Crippen molar-refractivity contribution < 1.29 is 8.42 Å². The molecule has 2 rings (SSSR count). The summed E-state index contributed by atoms with van der Waals surface area (Å²) < 4.78 is 26.6. The molecular weight excluding hydrogens is 487 g/mol. The van der Waals surface area contributed by atoms with E-state index in [9.17, 15) is 8.42 Å². The Kier molecular flexibility index (Phi) is 9.39. The first-order valence-electron chi connectivity index (χ1n) is 7.69. The summed E-state index contributed by atoms with van der Waals surface area (Å²) in [6.45, 7) is 5.22. The Morgan fingerprint density at radius 3 is 2.62 bits per heavy atom. The normalized spacial score (nSPS) is 11.7. The van der Waals surface area contributed by atoms with E-state index in [2.05, 4.69) is 30.3 Å². The number of nitrogens with one attached hydrogen (secondary N) is 3. The molecule has 0 aliphatic carbocycles. The van der Waals surface area contributed by atoms with Crippen molar-refractivity contribution in [2.24, 2.45) is 4.99 Å². The lowest BCUT2D eigenvalue weighted by atomic mass is 10.4. The van der Waals surface area contributed by atoms with Crippen molar-refractivity contribution in [2.45, 2.75) is 25.3 Å². The number of pyridine rings is 1. The summed E-state index contributed by atoms with van der Waals surface area (Å²) in [6, 6.07) is 3.09. The number of sulfonamides is 1. The maximum atomic E-state index is 12.1. The second-order valence-corrected chi connectivity index (χ2v) is 8.24. The molecule has 2 heterocycles. The van der Waals surface area contributed by atoms with Crippen LogP contribution in [-0.4, -0.2) is 44.5 Å². The third kappa shape index (κ3) is 6.78. The molecule has 11 heteroatoms. The van der Waals surface area contributed by atoms with Crippen LogP contribution in [0.25, 0.3) is 0 Å². The minimum absolute atomic E-state index is 0. The number of halogens is 1. The highest BCUT2D eigenvalue weighted by Gasteiger charge is 2.12. The molecule has 2 aromatic heterocycles. The lowest BCUT2D eigenvalue weighted by Gasteiger charge is -2.11. The SMILES string of the molecule is CN=C(NCCNS(=O)(=O)c1cccnc1)NCc1nc(C)c(C)s1.I. The summed E-state index contributed by atoms with van der Waals surface area (Å²) in [5.74, 6) is 0.589. The predicted octanol–water partition coefficient (Wildman–Crippen LogP) is 1.42. The highest BCUT2D eigenvalue weighted by Crippen LogP contribution is 2.15. The summed E-state index contributed by atoms with van der Waals surface area (Å²) in [5.41, 5.74) is 1.04. The van der Waals surface area contributed by atoms with Crippen LogP contribution in [0.4, 0.5) is 0 Å². The Labute approximate surface area is 175 Å². The molecule has 0 saturated carbocycles. The molecule has 144 valence electrons. The van der Waals surface area contributed by atoms with Gasteiger partial charge in [0.25, 0.3) is 0 Å². The maximum absolute atomic E-state index is 12.1. The van der Waals surface area contributed by atoms with Crippen LogP contribution in [-0.2, 0) is 16.6 Å². The summed E-state index contributed by atoms with van der Waals surface area (Å²) >= 11 is 1.64. The van der Waals surface area contributed by atoms with E-state index in [1.54, 1.807) is 24.5 Å². The predicted molar refractivity (Wildman–Crippen MR) is 115 cm³/mol. The van der Waals surface area contributed by atoms with Gasteiger partial charge in [0.05, 0.1) is 12.2 Å².